The number of pyridine rings is 2. The maximum atomic E-state index is 12.9. The molecule has 0 saturated carbocycles. The van der Waals surface area contributed by atoms with Gasteiger partial charge in [0.1, 0.15) is 15.3 Å². The minimum atomic E-state index is -3.86. The third kappa shape index (κ3) is 3.02. The van der Waals surface area contributed by atoms with Crippen LogP contribution in [-0.2, 0) is 10.0 Å². The van der Waals surface area contributed by atoms with Gasteiger partial charge in [-0.2, -0.15) is 0 Å². The van der Waals surface area contributed by atoms with E-state index in [1.165, 1.54) is 12.3 Å². The second-order valence-corrected chi connectivity index (χ2v) is 5.81. The molecule has 0 unspecified atom stereocenters. The number of rotatable bonds is 3. The largest absolute Gasteiger partial charge is 0.278 e. The Morgan fingerprint density at radius 1 is 1.22 bits per heavy atom. The molecular weight excluding hydrogens is 325 g/mol. The first-order valence-corrected chi connectivity index (χ1v) is 7.00. The molecule has 2 aromatic heterocycles. The first-order valence-electron chi connectivity index (χ1n) is 4.72. The van der Waals surface area contributed by atoms with Crippen molar-refractivity contribution in [1.29, 1.82) is 0 Å². The summed E-state index contributed by atoms with van der Waals surface area (Å²) in [5, 5.41) is 0. The lowest BCUT2D eigenvalue weighted by Gasteiger charge is -2.07. The van der Waals surface area contributed by atoms with Crippen LogP contribution in [0.5, 0.6) is 0 Å². The Kier molecular flexibility index (Phi) is 3.58. The van der Waals surface area contributed by atoms with Gasteiger partial charge in [-0.3, -0.25) is 9.71 Å². The van der Waals surface area contributed by atoms with E-state index < -0.39 is 15.8 Å². The molecule has 0 aliphatic heterocycles. The Hall–Kier alpha value is -1.54. The van der Waals surface area contributed by atoms with Crippen molar-refractivity contribution >= 4 is 31.6 Å². The monoisotopic (exact) mass is 331 g/mol. The van der Waals surface area contributed by atoms with E-state index in [4.69, 9.17) is 0 Å². The van der Waals surface area contributed by atoms with Crippen LogP contribution in [0.4, 0.5) is 10.1 Å². The number of nitrogens with one attached hydrogen (secondary N) is 1. The Morgan fingerprint density at radius 2 is 2.00 bits per heavy atom. The van der Waals surface area contributed by atoms with E-state index in [2.05, 4.69) is 30.6 Å². The molecule has 0 saturated heterocycles. The van der Waals surface area contributed by atoms with Gasteiger partial charge in [-0.1, -0.05) is 0 Å². The summed E-state index contributed by atoms with van der Waals surface area (Å²) in [5.41, 5.74) is 0.280. The van der Waals surface area contributed by atoms with E-state index in [1.54, 1.807) is 6.07 Å². The molecule has 0 amide bonds. The van der Waals surface area contributed by atoms with E-state index in [9.17, 15) is 12.8 Å². The number of sulfonamides is 1. The average Bonchev–Trinajstić information content (AvgIpc) is 2.32. The summed E-state index contributed by atoms with van der Waals surface area (Å²) in [4.78, 5) is 7.12. The van der Waals surface area contributed by atoms with E-state index in [1.807, 2.05) is 0 Å². The van der Waals surface area contributed by atoms with Crippen molar-refractivity contribution in [3.05, 3.63) is 47.2 Å². The molecule has 94 valence electrons. The first-order chi connectivity index (χ1) is 8.47. The topological polar surface area (TPSA) is 72.0 Å². The lowest BCUT2D eigenvalue weighted by molar-refractivity contribution is 0.592. The molecular formula is C10H7BrFN3O2S. The van der Waals surface area contributed by atoms with Crippen molar-refractivity contribution < 1.29 is 12.8 Å². The summed E-state index contributed by atoms with van der Waals surface area (Å²) in [5.74, 6) is -0.716. The van der Waals surface area contributed by atoms with Crippen molar-refractivity contribution in [1.82, 2.24) is 9.97 Å². The number of aromatic nitrogens is 2. The highest BCUT2D eigenvalue weighted by atomic mass is 79.9. The molecule has 18 heavy (non-hydrogen) atoms. The van der Waals surface area contributed by atoms with Gasteiger partial charge in [-0.15, -0.1) is 0 Å². The normalized spacial score (nSPS) is 11.2. The lowest BCUT2D eigenvalue weighted by atomic mass is 10.4. The molecule has 0 aliphatic rings. The van der Waals surface area contributed by atoms with Gasteiger partial charge in [0, 0.05) is 6.20 Å². The molecule has 0 radical (unpaired) electrons. The van der Waals surface area contributed by atoms with Gasteiger partial charge in [0.25, 0.3) is 10.0 Å². The third-order valence-corrected chi connectivity index (χ3v) is 3.79. The second-order valence-electron chi connectivity index (χ2n) is 3.31. The summed E-state index contributed by atoms with van der Waals surface area (Å²) < 4.78 is 39.5. The van der Waals surface area contributed by atoms with Crippen LogP contribution >= 0.6 is 15.9 Å². The van der Waals surface area contributed by atoms with E-state index in [-0.39, 0.29) is 10.6 Å². The Labute approximate surface area is 111 Å². The van der Waals surface area contributed by atoms with Crippen LogP contribution in [0.2, 0.25) is 0 Å². The molecule has 1 N–H and O–H groups in total. The molecule has 8 heteroatoms. The van der Waals surface area contributed by atoms with Crippen molar-refractivity contribution in [2.24, 2.45) is 0 Å². The van der Waals surface area contributed by atoms with Crippen LogP contribution in [0.3, 0.4) is 0 Å². The average molecular weight is 332 g/mol. The fourth-order valence-electron chi connectivity index (χ4n) is 1.19. The summed E-state index contributed by atoms with van der Waals surface area (Å²) in [6, 6.07) is 4.00. The van der Waals surface area contributed by atoms with Crippen LogP contribution in [0.1, 0.15) is 0 Å². The molecule has 2 aromatic rings. The predicted molar refractivity (Wildman–Crippen MR) is 66.9 cm³/mol. The molecule has 0 fully saturated rings. The first kappa shape index (κ1) is 12.9. The molecule has 0 aliphatic carbocycles. The predicted octanol–water partition coefficient (Wildman–Crippen LogP) is 2.18. The van der Waals surface area contributed by atoms with Crippen molar-refractivity contribution in [2.45, 2.75) is 4.90 Å². The molecule has 0 bridgehead atoms. The number of anilines is 1. The van der Waals surface area contributed by atoms with Crippen LogP contribution in [-0.4, -0.2) is 18.4 Å². The zero-order valence-corrected chi connectivity index (χ0v) is 11.2. The van der Waals surface area contributed by atoms with Crippen LogP contribution < -0.4 is 4.72 Å². The molecule has 0 aromatic carbocycles. The zero-order chi connectivity index (χ0) is 13.2. The summed E-state index contributed by atoms with van der Waals surface area (Å²) in [7, 11) is -3.86. The van der Waals surface area contributed by atoms with Crippen LogP contribution in [0.15, 0.2) is 46.3 Å². The zero-order valence-electron chi connectivity index (χ0n) is 8.84. The maximum Gasteiger partial charge on any atom is 0.263 e. The molecule has 5 nitrogen and oxygen atoms in total. The smallest absolute Gasteiger partial charge is 0.263 e. The molecule has 0 atom stereocenters. The molecule has 0 spiro atoms. The Bertz CT molecular complexity index is 661. The summed E-state index contributed by atoms with van der Waals surface area (Å²) in [6.45, 7) is 0. The minimum Gasteiger partial charge on any atom is -0.278 e. The van der Waals surface area contributed by atoms with Gasteiger partial charge in [0.15, 0.2) is 0 Å². The highest BCUT2D eigenvalue weighted by Gasteiger charge is 2.15. The van der Waals surface area contributed by atoms with E-state index in [0.29, 0.717) is 4.60 Å². The number of hydrogen-bond acceptors (Lipinski definition) is 4. The fraction of sp³-hybridized carbons (Fsp3) is 0. The van der Waals surface area contributed by atoms with Gasteiger partial charge in [0.05, 0.1) is 18.1 Å². The molecule has 2 rings (SSSR count). The SMILES string of the molecule is O=S(=O)(Nc1ccc(Br)nc1)c1cncc(F)c1. The van der Waals surface area contributed by atoms with Gasteiger partial charge in [-0.25, -0.2) is 17.8 Å². The summed E-state index contributed by atoms with van der Waals surface area (Å²) >= 11 is 3.13. The quantitative estimate of drug-likeness (QED) is 0.875. The second kappa shape index (κ2) is 4.99. The van der Waals surface area contributed by atoms with E-state index in [0.717, 1.165) is 18.5 Å². The van der Waals surface area contributed by atoms with E-state index >= 15 is 0 Å². The third-order valence-electron chi connectivity index (χ3n) is 1.97. The fourth-order valence-corrected chi connectivity index (χ4v) is 2.44. The maximum absolute atomic E-state index is 12.9. The van der Waals surface area contributed by atoms with Crippen molar-refractivity contribution in [3.63, 3.8) is 0 Å². The van der Waals surface area contributed by atoms with Crippen molar-refractivity contribution in [3.8, 4) is 0 Å². The highest BCUT2D eigenvalue weighted by molar-refractivity contribution is 9.10. The number of hydrogen-bond donors (Lipinski definition) is 1. The number of nitrogens with zero attached hydrogens (tertiary/aromatic N) is 2. The van der Waals surface area contributed by atoms with Gasteiger partial charge in [0.2, 0.25) is 0 Å². The highest BCUT2D eigenvalue weighted by Crippen LogP contribution is 2.16. The standard InChI is InChI=1S/C10H7BrFN3O2S/c11-10-2-1-8(5-14-10)15-18(16,17)9-3-7(12)4-13-6-9/h1-6,15H. The van der Waals surface area contributed by atoms with Gasteiger partial charge < -0.3 is 0 Å². The minimum absolute atomic E-state index is 0.245. The van der Waals surface area contributed by atoms with Crippen LogP contribution in [0.25, 0.3) is 0 Å². The lowest BCUT2D eigenvalue weighted by Crippen LogP contribution is -2.13. The number of halogens is 2. The Balaban J connectivity index is 2.30. The Morgan fingerprint density at radius 3 is 2.61 bits per heavy atom. The van der Waals surface area contributed by atoms with Gasteiger partial charge >= 0.3 is 0 Å². The van der Waals surface area contributed by atoms with Crippen LogP contribution in [0, 0.1) is 5.82 Å². The molecule has 2 heterocycles. The van der Waals surface area contributed by atoms with Gasteiger partial charge in [-0.05, 0) is 34.1 Å². The summed E-state index contributed by atoms with van der Waals surface area (Å²) in [6.07, 6.45) is 3.34. The van der Waals surface area contributed by atoms with Crippen molar-refractivity contribution in [2.75, 3.05) is 4.72 Å².